The Morgan fingerprint density at radius 2 is 1.82 bits per heavy atom. The number of aryl methyl sites for hydroxylation is 1. The van der Waals surface area contributed by atoms with Gasteiger partial charge in [0, 0.05) is 23.8 Å². The third-order valence-corrected chi connectivity index (χ3v) is 6.16. The lowest BCUT2D eigenvalue weighted by atomic mass is 10.1. The highest BCUT2D eigenvalue weighted by atomic mass is 79.9. The first kappa shape index (κ1) is 22.5. The molecule has 0 aliphatic heterocycles. The smallest absolute Gasteiger partial charge is 0.242 e. The van der Waals surface area contributed by atoms with E-state index in [1.165, 1.54) is 5.56 Å². The maximum Gasteiger partial charge on any atom is 0.242 e. The number of nitrogens with one attached hydrogen (secondary N) is 1. The van der Waals surface area contributed by atoms with Gasteiger partial charge in [-0.25, -0.2) is 0 Å². The molecule has 0 aromatic heterocycles. The lowest BCUT2D eigenvalue weighted by molar-refractivity contribution is -0.139. The van der Waals surface area contributed by atoms with Gasteiger partial charge in [-0.15, -0.1) is 11.8 Å². The van der Waals surface area contributed by atoms with Crippen molar-refractivity contribution in [2.75, 3.05) is 12.8 Å². The third kappa shape index (κ3) is 6.38. The molecule has 0 saturated carbocycles. The summed E-state index contributed by atoms with van der Waals surface area (Å²) in [5.74, 6) is 0.965. The maximum atomic E-state index is 13.0. The molecule has 2 aromatic carbocycles. The van der Waals surface area contributed by atoms with E-state index in [0.29, 0.717) is 18.7 Å². The SMILES string of the molecule is CC[C@@H](C(=O)NC)N(Cc1ccccc1C)C(=O)CSCc1ccc(Br)cc1. The monoisotopic (exact) mass is 462 g/mol. The number of carbonyl (C=O) groups excluding carboxylic acids is 2. The van der Waals surface area contributed by atoms with Crippen LogP contribution in [-0.2, 0) is 21.9 Å². The molecule has 0 saturated heterocycles. The predicted octanol–water partition coefficient (Wildman–Crippen LogP) is 4.54. The zero-order valence-corrected chi connectivity index (χ0v) is 19.0. The van der Waals surface area contributed by atoms with Crippen LogP contribution in [0.25, 0.3) is 0 Å². The van der Waals surface area contributed by atoms with E-state index in [2.05, 4.69) is 21.2 Å². The summed E-state index contributed by atoms with van der Waals surface area (Å²) in [7, 11) is 1.61. The van der Waals surface area contributed by atoms with Crippen molar-refractivity contribution < 1.29 is 9.59 Å². The number of halogens is 1. The van der Waals surface area contributed by atoms with Crippen molar-refractivity contribution in [2.45, 2.75) is 38.6 Å². The Hall–Kier alpha value is -1.79. The molecule has 2 amide bonds. The number of hydrogen-bond donors (Lipinski definition) is 1. The number of nitrogens with zero attached hydrogens (tertiary/aromatic N) is 1. The first-order valence-electron chi connectivity index (χ1n) is 9.34. The lowest BCUT2D eigenvalue weighted by Gasteiger charge is -2.30. The van der Waals surface area contributed by atoms with Gasteiger partial charge in [-0.1, -0.05) is 59.3 Å². The molecule has 0 unspecified atom stereocenters. The van der Waals surface area contributed by atoms with E-state index in [0.717, 1.165) is 21.4 Å². The van der Waals surface area contributed by atoms with Crippen LogP contribution in [-0.4, -0.2) is 35.6 Å². The van der Waals surface area contributed by atoms with Gasteiger partial charge in [0.2, 0.25) is 11.8 Å². The highest BCUT2D eigenvalue weighted by Gasteiger charge is 2.28. The topological polar surface area (TPSA) is 49.4 Å². The summed E-state index contributed by atoms with van der Waals surface area (Å²) in [4.78, 5) is 27.1. The van der Waals surface area contributed by atoms with Crippen LogP contribution in [0, 0.1) is 6.92 Å². The van der Waals surface area contributed by atoms with Crippen LogP contribution in [0.15, 0.2) is 53.0 Å². The molecule has 28 heavy (non-hydrogen) atoms. The molecule has 4 nitrogen and oxygen atoms in total. The lowest BCUT2D eigenvalue weighted by Crippen LogP contribution is -2.48. The first-order valence-corrected chi connectivity index (χ1v) is 11.3. The molecule has 1 N–H and O–H groups in total. The van der Waals surface area contributed by atoms with Crippen LogP contribution in [0.4, 0.5) is 0 Å². The minimum Gasteiger partial charge on any atom is -0.357 e. The summed E-state index contributed by atoms with van der Waals surface area (Å²) in [6, 6.07) is 15.6. The van der Waals surface area contributed by atoms with Gasteiger partial charge in [0.25, 0.3) is 0 Å². The Bertz CT molecular complexity index is 795. The zero-order valence-electron chi connectivity index (χ0n) is 16.6. The molecule has 0 heterocycles. The van der Waals surface area contributed by atoms with Crippen LogP contribution in [0.3, 0.4) is 0 Å². The molecule has 0 spiro atoms. The molecule has 0 aliphatic carbocycles. The van der Waals surface area contributed by atoms with Gasteiger partial charge in [-0.3, -0.25) is 9.59 Å². The Morgan fingerprint density at radius 1 is 1.14 bits per heavy atom. The van der Waals surface area contributed by atoms with Gasteiger partial charge in [0.1, 0.15) is 6.04 Å². The first-order chi connectivity index (χ1) is 13.5. The minimum absolute atomic E-state index is 0.0131. The molecule has 0 radical (unpaired) electrons. The second-order valence-corrected chi connectivity index (χ2v) is 8.51. The van der Waals surface area contributed by atoms with E-state index < -0.39 is 6.04 Å². The predicted molar refractivity (Wildman–Crippen MR) is 120 cm³/mol. The number of benzene rings is 2. The van der Waals surface area contributed by atoms with Crippen molar-refractivity contribution in [3.05, 3.63) is 69.7 Å². The van der Waals surface area contributed by atoms with E-state index in [9.17, 15) is 9.59 Å². The van der Waals surface area contributed by atoms with Gasteiger partial charge in [0.05, 0.1) is 5.75 Å². The Morgan fingerprint density at radius 3 is 2.43 bits per heavy atom. The van der Waals surface area contributed by atoms with Crippen LogP contribution in [0.5, 0.6) is 0 Å². The van der Waals surface area contributed by atoms with Crippen LogP contribution in [0.2, 0.25) is 0 Å². The van der Waals surface area contributed by atoms with Crippen molar-refractivity contribution in [3.8, 4) is 0 Å². The van der Waals surface area contributed by atoms with Crippen LogP contribution >= 0.6 is 27.7 Å². The fourth-order valence-corrected chi connectivity index (χ4v) is 4.11. The van der Waals surface area contributed by atoms with Crippen LogP contribution in [0.1, 0.15) is 30.0 Å². The molecule has 0 aliphatic rings. The van der Waals surface area contributed by atoms with Crippen molar-refractivity contribution in [1.29, 1.82) is 0 Å². The highest BCUT2D eigenvalue weighted by molar-refractivity contribution is 9.10. The molecular formula is C22H27BrN2O2S. The molecule has 150 valence electrons. The van der Waals surface area contributed by atoms with Crippen LogP contribution < -0.4 is 5.32 Å². The molecule has 1 atom stereocenters. The van der Waals surface area contributed by atoms with Gasteiger partial charge in [0.15, 0.2) is 0 Å². The van der Waals surface area contributed by atoms with Crippen molar-refractivity contribution in [2.24, 2.45) is 0 Å². The van der Waals surface area contributed by atoms with E-state index in [1.807, 2.05) is 62.4 Å². The van der Waals surface area contributed by atoms with E-state index in [-0.39, 0.29) is 11.8 Å². The summed E-state index contributed by atoms with van der Waals surface area (Å²) in [5.41, 5.74) is 3.36. The second kappa shape index (κ2) is 11.3. The Balaban J connectivity index is 2.10. The molecular weight excluding hydrogens is 436 g/mol. The Kier molecular flexibility index (Phi) is 9.06. The molecule has 6 heteroatoms. The van der Waals surface area contributed by atoms with E-state index >= 15 is 0 Å². The molecule has 0 bridgehead atoms. The number of likely N-dealkylation sites (N-methyl/N-ethyl adjacent to an activating group) is 1. The van der Waals surface area contributed by atoms with Gasteiger partial charge < -0.3 is 10.2 Å². The van der Waals surface area contributed by atoms with E-state index in [4.69, 9.17) is 0 Å². The average molecular weight is 463 g/mol. The summed E-state index contributed by atoms with van der Waals surface area (Å²) in [5, 5.41) is 2.69. The second-order valence-electron chi connectivity index (χ2n) is 6.61. The number of carbonyl (C=O) groups is 2. The average Bonchev–Trinajstić information content (AvgIpc) is 2.70. The van der Waals surface area contributed by atoms with E-state index in [1.54, 1.807) is 23.7 Å². The van der Waals surface area contributed by atoms with Crippen molar-refractivity contribution in [1.82, 2.24) is 10.2 Å². The van der Waals surface area contributed by atoms with Gasteiger partial charge >= 0.3 is 0 Å². The summed E-state index contributed by atoms with van der Waals surface area (Å²) < 4.78 is 1.04. The number of thioether (sulfide) groups is 1. The van der Waals surface area contributed by atoms with Gasteiger partial charge in [-0.2, -0.15) is 0 Å². The largest absolute Gasteiger partial charge is 0.357 e. The zero-order chi connectivity index (χ0) is 20.5. The Labute approximate surface area is 180 Å². The third-order valence-electron chi connectivity index (χ3n) is 4.64. The number of amides is 2. The van der Waals surface area contributed by atoms with Crippen molar-refractivity contribution >= 4 is 39.5 Å². The number of hydrogen-bond acceptors (Lipinski definition) is 3. The standard InChI is InChI=1S/C22H27BrN2O2S/c1-4-20(22(27)24-3)25(13-18-8-6-5-7-16(18)2)21(26)15-28-14-17-9-11-19(23)12-10-17/h5-12,20H,4,13-15H2,1-3H3,(H,24,27)/t20-/m0/s1. The van der Waals surface area contributed by atoms with Crippen molar-refractivity contribution in [3.63, 3.8) is 0 Å². The molecule has 2 rings (SSSR count). The summed E-state index contributed by atoms with van der Waals surface area (Å²) in [6.07, 6.45) is 0.578. The normalized spacial score (nSPS) is 11.7. The fourth-order valence-electron chi connectivity index (χ4n) is 2.98. The maximum absolute atomic E-state index is 13.0. The molecule has 2 aromatic rings. The summed E-state index contributed by atoms with van der Waals surface area (Å²) >= 11 is 5.00. The highest BCUT2D eigenvalue weighted by Crippen LogP contribution is 2.19. The molecule has 0 fully saturated rings. The van der Waals surface area contributed by atoms with Gasteiger partial charge in [-0.05, 0) is 42.2 Å². The number of rotatable bonds is 9. The fraction of sp³-hybridized carbons (Fsp3) is 0.364. The summed E-state index contributed by atoms with van der Waals surface area (Å²) in [6.45, 7) is 4.41. The quantitative estimate of drug-likeness (QED) is 0.594. The minimum atomic E-state index is -0.467.